The minimum Gasteiger partial charge on any atom is -0.387 e. The Bertz CT molecular complexity index is 424. The van der Waals surface area contributed by atoms with Crippen LogP contribution in [0.2, 0.25) is 0 Å². The Labute approximate surface area is 120 Å². The fraction of sp³-hybridized carbons (Fsp3) is 0.667. The summed E-state index contributed by atoms with van der Waals surface area (Å²) in [4.78, 5) is 8.57. The Morgan fingerprint density at radius 2 is 2.20 bits per heavy atom. The van der Waals surface area contributed by atoms with Crippen LogP contribution in [0.3, 0.4) is 0 Å². The van der Waals surface area contributed by atoms with Crippen LogP contribution in [0, 0.1) is 11.7 Å². The zero-order valence-corrected chi connectivity index (χ0v) is 12.5. The molecule has 2 heterocycles. The van der Waals surface area contributed by atoms with E-state index < -0.39 is 6.10 Å². The highest BCUT2D eigenvalue weighted by molar-refractivity contribution is 5.08. The zero-order chi connectivity index (χ0) is 14.7. The average molecular weight is 281 g/mol. The minimum absolute atomic E-state index is 0.372. The van der Waals surface area contributed by atoms with Crippen LogP contribution in [0.25, 0.3) is 0 Å². The van der Waals surface area contributed by atoms with Gasteiger partial charge in [0.2, 0.25) is 0 Å². The van der Waals surface area contributed by atoms with Gasteiger partial charge in [-0.05, 0) is 38.6 Å². The van der Waals surface area contributed by atoms with Crippen molar-refractivity contribution in [3.05, 3.63) is 29.8 Å². The van der Waals surface area contributed by atoms with E-state index in [-0.39, 0.29) is 5.82 Å². The number of aliphatic hydroxyl groups is 1. The lowest BCUT2D eigenvalue weighted by Gasteiger charge is -2.22. The first-order valence-corrected chi connectivity index (χ1v) is 7.15. The zero-order valence-electron chi connectivity index (χ0n) is 12.5. The molecule has 1 saturated heterocycles. The van der Waals surface area contributed by atoms with Gasteiger partial charge >= 0.3 is 0 Å². The number of halogens is 1. The molecule has 0 saturated carbocycles. The van der Waals surface area contributed by atoms with Crippen LogP contribution in [0.15, 0.2) is 18.3 Å². The lowest BCUT2D eigenvalue weighted by molar-refractivity contribution is 0.142. The van der Waals surface area contributed by atoms with E-state index in [0.717, 1.165) is 25.8 Å². The van der Waals surface area contributed by atoms with Gasteiger partial charge in [0.25, 0.3) is 0 Å². The van der Waals surface area contributed by atoms with E-state index in [1.54, 1.807) is 6.07 Å². The number of rotatable bonds is 5. The maximum atomic E-state index is 12.8. The molecule has 3 atom stereocenters. The van der Waals surface area contributed by atoms with Crippen molar-refractivity contribution in [2.45, 2.75) is 25.5 Å². The van der Waals surface area contributed by atoms with Gasteiger partial charge in [0.15, 0.2) is 0 Å². The summed E-state index contributed by atoms with van der Waals surface area (Å²) in [5.41, 5.74) is 0.544. The summed E-state index contributed by atoms with van der Waals surface area (Å²) in [6, 6.07) is 3.47. The Morgan fingerprint density at radius 1 is 1.45 bits per heavy atom. The quantitative estimate of drug-likeness (QED) is 0.888. The van der Waals surface area contributed by atoms with E-state index >= 15 is 0 Å². The molecule has 1 fully saturated rings. The Hall–Kier alpha value is -1.04. The molecule has 4 nitrogen and oxygen atoms in total. The van der Waals surface area contributed by atoms with Crippen molar-refractivity contribution in [1.82, 2.24) is 14.8 Å². The third kappa shape index (κ3) is 3.75. The molecule has 0 aromatic carbocycles. The molecule has 0 radical (unpaired) electrons. The molecular formula is C15H24FN3O. The normalized spacial score (nSPS) is 25.3. The number of likely N-dealkylation sites (N-methyl/N-ethyl adjacent to an activating group) is 1. The van der Waals surface area contributed by atoms with Crippen LogP contribution in [0.4, 0.5) is 4.39 Å². The van der Waals surface area contributed by atoms with Crippen molar-refractivity contribution < 1.29 is 9.50 Å². The van der Waals surface area contributed by atoms with Crippen LogP contribution in [-0.4, -0.2) is 59.7 Å². The van der Waals surface area contributed by atoms with Crippen molar-refractivity contribution in [3.63, 3.8) is 0 Å². The van der Waals surface area contributed by atoms with Gasteiger partial charge in [-0.15, -0.1) is 0 Å². The largest absolute Gasteiger partial charge is 0.387 e. The molecule has 5 heteroatoms. The van der Waals surface area contributed by atoms with Crippen LogP contribution in [-0.2, 0) is 0 Å². The Morgan fingerprint density at radius 3 is 2.75 bits per heavy atom. The average Bonchev–Trinajstić information content (AvgIpc) is 2.78. The van der Waals surface area contributed by atoms with Crippen LogP contribution in [0.5, 0.6) is 0 Å². The topological polar surface area (TPSA) is 39.6 Å². The second kappa shape index (κ2) is 6.61. The predicted octanol–water partition coefficient (Wildman–Crippen LogP) is 1.53. The number of pyridine rings is 1. The van der Waals surface area contributed by atoms with E-state index in [9.17, 15) is 9.50 Å². The predicted molar refractivity (Wildman–Crippen MR) is 76.9 cm³/mol. The molecular weight excluding hydrogens is 257 g/mol. The number of aliphatic hydroxyl groups excluding tert-OH is 1. The van der Waals surface area contributed by atoms with Gasteiger partial charge in [-0.2, -0.15) is 0 Å². The van der Waals surface area contributed by atoms with E-state index in [1.165, 1.54) is 6.07 Å². The molecule has 1 aromatic heterocycles. The van der Waals surface area contributed by atoms with E-state index in [2.05, 4.69) is 35.8 Å². The van der Waals surface area contributed by atoms with Gasteiger partial charge in [-0.3, -0.25) is 4.98 Å². The summed E-state index contributed by atoms with van der Waals surface area (Å²) in [5.74, 6) is 0.272. The fourth-order valence-electron chi connectivity index (χ4n) is 2.94. The molecule has 1 aliphatic heterocycles. The monoisotopic (exact) mass is 281 g/mol. The fourth-order valence-corrected chi connectivity index (χ4v) is 2.94. The molecule has 0 aliphatic carbocycles. The van der Waals surface area contributed by atoms with Crippen LogP contribution >= 0.6 is 0 Å². The SMILES string of the molecule is CC1CN(CCC(O)c2ccc(F)cn2)CC1N(C)C. The van der Waals surface area contributed by atoms with Gasteiger partial charge in [0.1, 0.15) is 5.82 Å². The highest BCUT2D eigenvalue weighted by Crippen LogP contribution is 2.22. The van der Waals surface area contributed by atoms with Gasteiger partial charge < -0.3 is 14.9 Å². The number of aromatic nitrogens is 1. The number of hydrogen-bond donors (Lipinski definition) is 1. The summed E-state index contributed by atoms with van der Waals surface area (Å²) in [7, 11) is 4.23. The molecule has 1 aliphatic rings. The maximum Gasteiger partial charge on any atom is 0.141 e. The van der Waals surface area contributed by atoms with Gasteiger partial charge in [-0.25, -0.2) is 4.39 Å². The summed E-state index contributed by atoms with van der Waals surface area (Å²) >= 11 is 0. The molecule has 1 N–H and O–H groups in total. The molecule has 3 unspecified atom stereocenters. The molecule has 0 bridgehead atoms. The smallest absolute Gasteiger partial charge is 0.141 e. The minimum atomic E-state index is -0.621. The Balaban J connectivity index is 1.82. The number of hydrogen-bond acceptors (Lipinski definition) is 4. The standard InChI is InChI=1S/C15H24FN3O/c1-11-9-19(10-14(11)18(2)3)7-6-15(20)13-5-4-12(16)8-17-13/h4-5,8,11,14-15,20H,6-7,9-10H2,1-3H3. The van der Waals surface area contributed by atoms with Crippen molar-refractivity contribution in [1.29, 1.82) is 0 Å². The van der Waals surface area contributed by atoms with Gasteiger partial charge in [0.05, 0.1) is 18.0 Å². The second-order valence-electron chi connectivity index (χ2n) is 5.97. The lowest BCUT2D eigenvalue weighted by Crippen LogP contribution is -2.34. The highest BCUT2D eigenvalue weighted by atomic mass is 19.1. The van der Waals surface area contributed by atoms with E-state index in [4.69, 9.17) is 0 Å². The molecule has 1 aromatic rings. The third-order valence-corrected chi connectivity index (χ3v) is 4.12. The maximum absolute atomic E-state index is 12.8. The number of nitrogens with zero attached hydrogens (tertiary/aromatic N) is 3. The van der Waals surface area contributed by atoms with Crippen molar-refractivity contribution >= 4 is 0 Å². The second-order valence-corrected chi connectivity index (χ2v) is 5.97. The molecule has 2 rings (SSSR count). The van der Waals surface area contributed by atoms with E-state index in [0.29, 0.717) is 24.1 Å². The van der Waals surface area contributed by atoms with Crippen molar-refractivity contribution in [2.24, 2.45) is 5.92 Å². The van der Waals surface area contributed by atoms with Crippen molar-refractivity contribution in [3.8, 4) is 0 Å². The summed E-state index contributed by atoms with van der Waals surface area (Å²) in [6.45, 7) is 5.21. The summed E-state index contributed by atoms with van der Waals surface area (Å²) in [5, 5.41) is 10.1. The molecule has 0 spiro atoms. The third-order valence-electron chi connectivity index (χ3n) is 4.12. The van der Waals surface area contributed by atoms with Crippen LogP contribution < -0.4 is 0 Å². The molecule has 0 amide bonds. The first-order chi connectivity index (χ1) is 9.47. The highest BCUT2D eigenvalue weighted by Gasteiger charge is 2.30. The molecule has 20 heavy (non-hydrogen) atoms. The number of likely N-dealkylation sites (tertiary alicyclic amines) is 1. The van der Waals surface area contributed by atoms with Crippen LogP contribution in [0.1, 0.15) is 25.1 Å². The molecule has 112 valence electrons. The Kier molecular flexibility index (Phi) is 5.07. The lowest BCUT2D eigenvalue weighted by atomic mass is 10.1. The first-order valence-electron chi connectivity index (χ1n) is 7.15. The van der Waals surface area contributed by atoms with Crippen molar-refractivity contribution in [2.75, 3.05) is 33.7 Å². The van der Waals surface area contributed by atoms with Gasteiger partial charge in [0, 0.05) is 25.7 Å². The first kappa shape index (κ1) is 15.4. The summed E-state index contributed by atoms with van der Waals surface area (Å²) < 4.78 is 12.8. The van der Waals surface area contributed by atoms with E-state index in [1.807, 2.05) is 0 Å². The van der Waals surface area contributed by atoms with Gasteiger partial charge in [-0.1, -0.05) is 6.92 Å². The summed E-state index contributed by atoms with van der Waals surface area (Å²) in [6.07, 6.45) is 1.16.